The molecule has 0 spiro atoms. The number of nitrogens with zero attached hydrogens (tertiary/aromatic N) is 1. The van der Waals surface area contributed by atoms with Crippen LogP contribution in [0.3, 0.4) is 0 Å². The van der Waals surface area contributed by atoms with Crippen LogP contribution in [0.2, 0.25) is 5.02 Å². The molecule has 1 aromatic heterocycles. The largest absolute Gasteiger partial charge is 0.467 e. The van der Waals surface area contributed by atoms with E-state index in [0.717, 1.165) is 18.0 Å². The maximum absolute atomic E-state index is 11.4. The van der Waals surface area contributed by atoms with E-state index in [1.54, 1.807) is 12.3 Å². The van der Waals surface area contributed by atoms with Crippen molar-refractivity contribution in [3.63, 3.8) is 0 Å². The monoisotopic (exact) mass is 289 g/mol. The Kier molecular flexibility index (Phi) is 3.53. The molecule has 0 aliphatic heterocycles. The minimum Gasteiger partial charge on any atom is -0.467 e. The van der Waals surface area contributed by atoms with Crippen LogP contribution in [0.4, 0.5) is 5.69 Å². The van der Waals surface area contributed by atoms with Crippen LogP contribution in [0.1, 0.15) is 35.9 Å². The van der Waals surface area contributed by atoms with E-state index in [4.69, 9.17) is 16.0 Å². The van der Waals surface area contributed by atoms with Crippen LogP contribution < -0.4 is 4.90 Å². The lowest BCUT2D eigenvalue weighted by Crippen LogP contribution is -2.24. The number of furan rings is 1. The van der Waals surface area contributed by atoms with Gasteiger partial charge in [-0.1, -0.05) is 11.6 Å². The molecule has 0 unspecified atom stereocenters. The number of ketones is 1. The summed E-state index contributed by atoms with van der Waals surface area (Å²) in [5.41, 5.74) is 1.61. The van der Waals surface area contributed by atoms with Gasteiger partial charge in [-0.25, -0.2) is 0 Å². The van der Waals surface area contributed by atoms with E-state index < -0.39 is 0 Å². The minimum absolute atomic E-state index is 0.00874. The summed E-state index contributed by atoms with van der Waals surface area (Å²) in [5, 5.41) is 0.514. The molecular weight excluding hydrogens is 274 g/mol. The number of hydrogen-bond acceptors (Lipinski definition) is 3. The molecule has 0 bridgehead atoms. The Morgan fingerprint density at radius 2 is 2.20 bits per heavy atom. The first-order chi connectivity index (χ1) is 9.65. The van der Waals surface area contributed by atoms with Crippen molar-refractivity contribution in [2.75, 3.05) is 4.90 Å². The van der Waals surface area contributed by atoms with Gasteiger partial charge >= 0.3 is 0 Å². The van der Waals surface area contributed by atoms with Gasteiger partial charge in [0.05, 0.1) is 17.8 Å². The fourth-order valence-electron chi connectivity index (χ4n) is 2.36. The van der Waals surface area contributed by atoms with Crippen LogP contribution in [0, 0.1) is 0 Å². The first-order valence-electron chi connectivity index (χ1n) is 6.74. The summed E-state index contributed by atoms with van der Waals surface area (Å²) in [6.07, 6.45) is 4.06. The van der Waals surface area contributed by atoms with Crippen LogP contribution in [0.15, 0.2) is 41.0 Å². The lowest BCUT2D eigenvalue weighted by Gasteiger charge is -2.24. The number of anilines is 1. The van der Waals surface area contributed by atoms with Gasteiger partial charge in [-0.2, -0.15) is 0 Å². The fraction of sp³-hybridized carbons (Fsp3) is 0.312. The van der Waals surface area contributed by atoms with E-state index in [1.807, 2.05) is 24.3 Å². The third-order valence-electron chi connectivity index (χ3n) is 3.56. The zero-order valence-corrected chi connectivity index (χ0v) is 12.1. The number of hydrogen-bond donors (Lipinski definition) is 0. The Hall–Kier alpha value is -1.74. The van der Waals surface area contributed by atoms with E-state index >= 15 is 0 Å². The second-order valence-electron chi connectivity index (χ2n) is 5.16. The average Bonchev–Trinajstić information content (AvgIpc) is 3.12. The van der Waals surface area contributed by atoms with Crippen molar-refractivity contribution in [2.45, 2.75) is 32.4 Å². The molecule has 0 saturated heterocycles. The Bertz CT molecular complexity index is 617. The normalized spacial score (nSPS) is 14.3. The lowest BCUT2D eigenvalue weighted by atomic mass is 10.1. The van der Waals surface area contributed by atoms with Gasteiger partial charge in [0.2, 0.25) is 0 Å². The molecule has 1 heterocycles. The standard InChI is InChI=1S/C16H16ClNO2/c1-11(19)15-7-6-13(9-16(15)17)18(12-4-5-12)10-14-3-2-8-20-14/h2-3,6-9,12H,4-5,10H2,1H3. The van der Waals surface area contributed by atoms with E-state index in [0.29, 0.717) is 16.6 Å². The third kappa shape index (κ3) is 2.73. The van der Waals surface area contributed by atoms with Crippen LogP contribution in [-0.2, 0) is 6.54 Å². The Morgan fingerprint density at radius 1 is 1.40 bits per heavy atom. The summed E-state index contributed by atoms with van der Waals surface area (Å²) >= 11 is 6.20. The van der Waals surface area contributed by atoms with Gasteiger partial charge in [0.25, 0.3) is 0 Å². The molecule has 0 atom stereocenters. The first-order valence-corrected chi connectivity index (χ1v) is 7.12. The van der Waals surface area contributed by atoms with E-state index in [-0.39, 0.29) is 5.78 Å². The van der Waals surface area contributed by atoms with Gasteiger partial charge in [-0.3, -0.25) is 4.79 Å². The number of Topliss-reactive ketones (excluding diaryl/α,β-unsaturated/α-hetero) is 1. The summed E-state index contributed by atoms with van der Waals surface area (Å²) in [5.74, 6) is 0.925. The Labute approximate surface area is 123 Å². The molecule has 1 aliphatic carbocycles. The molecule has 20 heavy (non-hydrogen) atoms. The minimum atomic E-state index is -0.00874. The molecule has 3 rings (SSSR count). The van der Waals surface area contributed by atoms with Crippen molar-refractivity contribution in [3.05, 3.63) is 52.9 Å². The second kappa shape index (κ2) is 5.33. The Balaban J connectivity index is 1.88. The average molecular weight is 290 g/mol. The molecule has 1 aromatic carbocycles. The lowest BCUT2D eigenvalue weighted by molar-refractivity contribution is 0.101. The zero-order valence-electron chi connectivity index (χ0n) is 11.3. The maximum atomic E-state index is 11.4. The SMILES string of the molecule is CC(=O)c1ccc(N(Cc2ccco2)C2CC2)cc1Cl. The van der Waals surface area contributed by atoms with E-state index in [9.17, 15) is 4.79 Å². The van der Waals surface area contributed by atoms with Gasteiger partial charge in [0.1, 0.15) is 5.76 Å². The fourth-order valence-corrected chi connectivity index (χ4v) is 2.66. The highest BCUT2D eigenvalue weighted by molar-refractivity contribution is 6.34. The van der Waals surface area contributed by atoms with Crippen molar-refractivity contribution in [1.82, 2.24) is 0 Å². The molecule has 104 valence electrons. The highest BCUT2D eigenvalue weighted by Gasteiger charge is 2.30. The topological polar surface area (TPSA) is 33.5 Å². The molecule has 0 radical (unpaired) electrons. The molecule has 1 fully saturated rings. The molecule has 2 aromatic rings. The molecule has 0 N–H and O–H groups in total. The molecule has 1 aliphatic rings. The van der Waals surface area contributed by atoms with Crippen molar-refractivity contribution in [2.24, 2.45) is 0 Å². The number of halogens is 1. The van der Waals surface area contributed by atoms with Gasteiger partial charge < -0.3 is 9.32 Å². The number of carbonyl (C=O) groups is 1. The quantitative estimate of drug-likeness (QED) is 0.769. The van der Waals surface area contributed by atoms with Crippen LogP contribution in [0.25, 0.3) is 0 Å². The predicted molar refractivity (Wildman–Crippen MR) is 79.4 cm³/mol. The molecule has 4 heteroatoms. The van der Waals surface area contributed by atoms with Crippen LogP contribution in [0.5, 0.6) is 0 Å². The van der Waals surface area contributed by atoms with E-state index in [2.05, 4.69) is 4.90 Å². The summed E-state index contributed by atoms with van der Waals surface area (Å²) < 4.78 is 5.43. The summed E-state index contributed by atoms with van der Waals surface area (Å²) in [7, 11) is 0. The predicted octanol–water partition coefficient (Wildman–Crippen LogP) is 4.30. The van der Waals surface area contributed by atoms with Crippen molar-refractivity contribution >= 4 is 23.1 Å². The smallest absolute Gasteiger partial charge is 0.161 e. The van der Waals surface area contributed by atoms with Gasteiger partial charge in [-0.15, -0.1) is 0 Å². The molecule has 0 amide bonds. The van der Waals surface area contributed by atoms with Crippen molar-refractivity contribution < 1.29 is 9.21 Å². The molecule has 3 nitrogen and oxygen atoms in total. The van der Waals surface area contributed by atoms with Gasteiger partial charge in [0, 0.05) is 17.3 Å². The van der Waals surface area contributed by atoms with Crippen molar-refractivity contribution in [1.29, 1.82) is 0 Å². The van der Waals surface area contributed by atoms with Crippen molar-refractivity contribution in [3.8, 4) is 0 Å². The summed E-state index contributed by atoms with van der Waals surface area (Å²) in [6.45, 7) is 2.26. The zero-order chi connectivity index (χ0) is 14.1. The first kappa shape index (κ1) is 13.3. The van der Waals surface area contributed by atoms with Gasteiger partial charge in [-0.05, 0) is 50.1 Å². The second-order valence-corrected chi connectivity index (χ2v) is 5.57. The molecular formula is C16H16ClNO2. The summed E-state index contributed by atoms with van der Waals surface area (Å²) in [6, 6.07) is 10.0. The van der Waals surface area contributed by atoms with E-state index in [1.165, 1.54) is 19.8 Å². The highest BCUT2D eigenvalue weighted by atomic mass is 35.5. The Morgan fingerprint density at radius 3 is 2.75 bits per heavy atom. The van der Waals surface area contributed by atoms with Crippen LogP contribution >= 0.6 is 11.6 Å². The highest BCUT2D eigenvalue weighted by Crippen LogP contribution is 2.35. The summed E-state index contributed by atoms with van der Waals surface area (Å²) in [4.78, 5) is 13.7. The maximum Gasteiger partial charge on any atom is 0.161 e. The number of carbonyl (C=O) groups excluding carboxylic acids is 1. The number of rotatable bonds is 5. The van der Waals surface area contributed by atoms with Crippen LogP contribution in [-0.4, -0.2) is 11.8 Å². The molecule has 1 saturated carbocycles. The third-order valence-corrected chi connectivity index (χ3v) is 3.87. The van der Waals surface area contributed by atoms with Gasteiger partial charge in [0.15, 0.2) is 5.78 Å². The number of benzene rings is 1.